The third kappa shape index (κ3) is 3.96. The lowest BCUT2D eigenvalue weighted by molar-refractivity contribution is -0.146. The van der Waals surface area contributed by atoms with Crippen molar-refractivity contribution < 1.29 is 14.3 Å². The van der Waals surface area contributed by atoms with Crippen LogP contribution in [0.3, 0.4) is 0 Å². The topological polar surface area (TPSA) is 82.4 Å². The fraction of sp³-hybridized carbons (Fsp3) is 0.292. The van der Waals surface area contributed by atoms with Gasteiger partial charge >= 0.3 is 5.97 Å². The van der Waals surface area contributed by atoms with Crippen LogP contribution in [0.5, 0.6) is 5.75 Å². The van der Waals surface area contributed by atoms with E-state index in [-0.39, 0.29) is 17.6 Å². The molecule has 1 aliphatic carbocycles. The second-order valence-corrected chi connectivity index (χ2v) is 8.19. The smallest absolute Gasteiger partial charge is 0.302 e. The van der Waals surface area contributed by atoms with Gasteiger partial charge in [-0.05, 0) is 36.2 Å². The first kappa shape index (κ1) is 21.9. The monoisotopic (exact) mass is 453 g/mol. The summed E-state index contributed by atoms with van der Waals surface area (Å²) in [4.78, 5) is 29.7. The van der Waals surface area contributed by atoms with Gasteiger partial charge in [0.15, 0.2) is 0 Å². The van der Waals surface area contributed by atoms with Gasteiger partial charge in [-0.2, -0.15) is 0 Å². The van der Waals surface area contributed by atoms with Crippen molar-refractivity contribution in [1.29, 1.82) is 0 Å². The Morgan fingerprint density at radius 3 is 2.69 bits per heavy atom. The van der Waals surface area contributed by atoms with Crippen molar-refractivity contribution in [2.45, 2.75) is 32.4 Å². The van der Waals surface area contributed by atoms with Crippen LogP contribution in [-0.4, -0.2) is 28.7 Å². The first-order valence-corrected chi connectivity index (χ1v) is 10.6. The predicted octanol–water partition coefficient (Wildman–Crippen LogP) is 4.06. The molecule has 32 heavy (non-hydrogen) atoms. The number of methoxy groups -OCH3 is 1. The van der Waals surface area contributed by atoms with Crippen LogP contribution in [-0.2, 0) is 23.0 Å². The number of nitrogens with one attached hydrogen (secondary N) is 1. The second kappa shape index (κ2) is 8.67. The maximum absolute atomic E-state index is 13.3. The molecule has 8 heteroatoms. The molecule has 1 N–H and O–H groups in total. The van der Waals surface area contributed by atoms with Crippen LogP contribution in [0.2, 0.25) is 5.02 Å². The Kier molecular flexibility index (Phi) is 5.93. The highest BCUT2D eigenvalue weighted by molar-refractivity contribution is 6.33. The first-order valence-electron chi connectivity index (χ1n) is 10.2. The number of benzene rings is 2. The van der Waals surface area contributed by atoms with Crippen LogP contribution in [0.4, 0.5) is 5.69 Å². The summed E-state index contributed by atoms with van der Waals surface area (Å²) in [7, 11) is 3.22. The van der Waals surface area contributed by atoms with Crippen LogP contribution < -0.4 is 15.6 Å². The lowest BCUT2D eigenvalue weighted by Gasteiger charge is -2.24. The summed E-state index contributed by atoms with van der Waals surface area (Å²) in [5.74, 6) is 0.714. The molecule has 1 aliphatic rings. The molecule has 0 bridgehead atoms. The minimum atomic E-state index is -0.412. The van der Waals surface area contributed by atoms with Gasteiger partial charge in [-0.25, -0.2) is 4.98 Å². The molecular weight excluding hydrogens is 430 g/mol. The van der Waals surface area contributed by atoms with Gasteiger partial charge in [0.05, 0.1) is 23.9 Å². The number of carbonyl (C=O) groups is 1. The summed E-state index contributed by atoms with van der Waals surface area (Å²) in [5, 5.41) is 3.75. The average molecular weight is 454 g/mol. The number of aryl methyl sites for hydroxylation is 1. The molecule has 0 radical (unpaired) electrons. The normalized spacial score (nSPS) is 17.0. The van der Waals surface area contributed by atoms with E-state index in [1.807, 2.05) is 24.3 Å². The molecule has 2 aromatic carbocycles. The van der Waals surface area contributed by atoms with Crippen molar-refractivity contribution in [3.05, 3.63) is 74.7 Å². The highest BCUT2D eigenvalue weighted by Gasteiger charge is 2.35. The number of anilines is 1. The summed E-state index contributed by atoms with van der Waals surface area (Å²) in [6.07, 6.45) is 0.171. The number of esters is 1. The zero-order valence-electron chi connectivity index (χ0n) is 18.3. The molecule has 7 nitrogen and oxygen atoms in total. The van der Waals surface area contributed by atoms with E-state index in [0.717, 1.165) is 11.1 Å². The van der Waals surface area contributed by atoms with Crippen molar-refractivity contribution >= 4 is 23.3 Å². The van der Waals surface area contributed by atoms with Gasteiger partial charge in [0, 0.05) is 26.0 Å². The Balaban J connectivity index is 1.74. The Hall–Kier alpha value is -3.32. The van der Waals surface area contributed by atoms with E-state index in [0.29, 0.717) is 40.0 Å². The molecule has 1 heterocycles. The van der Waals surface area contributed by atoms with E-state index in [9.17, 15) is 9.59 Å². The molecule has 3 aromatic rings. The summed E-state index contributed by atoms with van der Waals surface area (Å²) in [6.45, 7) is 3.16. The van der Waals surface area contributed by atoms with Crippen molar-refractivity contribution in [3.63, 3.8) is 0 Å². The number of hydrogen-bond acceptors (Lipinski definition) is 6. The summed E-state index contributed by atoms with van der Waals surface area (Å²) >= 11 is 6.42. The molecule has 166 valence electrons. The van der Waals surface area contributed by atoms with E-state index in [1.54, 1.807) is 39.3 Å². The molecule has 2 unspecified atom stereocenters. The fourth-order valence-electron chi connectivity index (χ4n) is 4.13. The van der Waals surface area contributed by atoms with Gasteiger partial charge in [-0.3, -0.25) is 14.2 Å². The number of hydrogen-bond donors (Lipinski definition) is 1. The van der Waals surface area contributed by atoms with Gasteiger partial charge in [-0.1, -0.05) is 35.9 Å². The zero-order valence-corrected chi connectivity index (χ0v) is 19.1. The van der Waals surface area contributed by atoms with Crippen LogP contribution >= 0.6 is 11.6 Å². The van der Waals surface area contributed by atoms with Gasteiger partial charge in [-0.15, -0.1) is 0 Å². The fourth-order valence-corrected chi connectivity index (χ4v) is 4.38. The lowest BCUT2D eigenvalue weighted by atomic mass is 10.1. The van der Waals surface area contributed by atoms with E-state index in [2.05, 4.69) is 10.3 Å². The summed E-state index contributed by atoms with van der Waals surface area (Å²) < 4.78 is 12.2. The maximum Gasteiger partial charge on any atom is 0.302 e. The van der Waals surface area contributed by atoms with Gasteiger partial charge in [0.1, 0.15) is 23.4 Å². The predicted molar refractivity (Wildman–Crippen MR) is 123 cm³/mol. The average Bonchev–Trinajstić information content (AvgIpc) is 3.10. The number of nitrogens with zero attached hydrogens (tertiary/aromatic N) is 2. The number of rotatable bonds is 5. The minimum absolute atomic E-state index is 0.245. The quantitative estimate of drug-likeness (QED) is 0.587. The molecule has 2 atom stereocenters. The van der Waals surface area contributed by atoms with Crippen LogP contribution in [0.25, 0.3) is 11.4 Å². The first-order chi connectivity index (χ1) is 15.3. The number of fused-ring (bicyclic) bond motifs is 1. The Morgan fingerprint density at radius 2 is 2.00 bits per heavy atom. The van der Waals surface area contributed by atoms with E-state index in [4.69, 9.17) is 21.1 Å². The SMILES string of the molecule is COc1ccc(-c2nc(C)c(NC3c4ccccc4CC3OC(C)=O)c(=O)n2C)c(Cl)c1. The number of ether oxygens (including phenoxy) is 2. The summed E-state index contributed by atoms with van der Waals surface area (Å²) in [6, 6.07) is 12.8. The van der Waals surface area contributed by atoms with Crippen molar-refractivity contribution in [2.24, 2.45) is 7.05 Å². The molecule has 4 rings (SSSR count). The Bertz CT molecular complexity index is 1250. The van der Waals surface area contributed by atoms with Crippen molar-refractivity contribution in [3.8, 4) is 17.1 Å². The number of halogens is 1. The molecule has 0 aliphatic heterocycles. The maximum atomic E-state index is 13.3. The van der Waals surface area contributed by atoms with Crippen LogP contribution in [0, 0.1) is 6.92 Å². The largest absolute Gasteiger partial charge is 0.497 e. The van der Waals surface area contributed by atoms with Gasteiger partial charge < -0.3 is 14.8 Å². The van der Waals surface area contributed by atoms with E-state index in [1.165, 1.54) is 11.5 Å². The molecular formula is C24H24ClN3O4. The minimum Gasteiger partial charge on any atom is -0.497 e. The zero-order chi connectivity index (χ0) is 23.0. The van der Waals surface area contributed by atoms with E-state index < -0.39 is 6.10 Å². The Labute approximate surface area is 191 Å². The van der Waals surface area contributed by atoms with Crippen molar-refractivity contribution in [1.82, 2.24) is 9.55 Å². The van der Waals surface area contributed by atoms with Crippen molar-refractivity contribution in [2.75, 3.05) is 12.4 Å². The molecule has 0 fully saturated rings. The highest BCUT2D eigenvalue weighted by atomic mass is 35.5. The Morgan fingerprint density at radius 1 is 1.25 bits per heavy atom. The second-order valence-electron chi connectivity index (χ2n) is 7.78. The number of aromatic nitrogens is 2. The van der Waals surface area contributed by atoms with Crippen LogP contribution in [0.1, 0.15) is 29.8 Å². The van der Waals surface area contributed by atoms with Crippen LogP contribution in [0.15, 0.2) is 47.3 Å². The standard InChI is InChI=1S/C24H24ClN3O4/c1-13-21(27-22-17-8-6-5-7-15(17)11-20(22)32-14(2)29)24(30)28(3)23(26-13)18-10-9-16(31-4)12-19(18)25/h5-10,12,20,22,27H,11H2,1-4H3. The molecule has 0 saturated heterocycles. The van der Waals surface area contributed by atoms with Gasteiger partial charge in [0.25, 0.3) is 5.56 Å². The number of carbonyl (C=O) groups excluding carboxylic acids is 1. The highest BCUT2D eigenvalue weighted by Crippen LogP contribution is 2.36. The van der Waals surface area contributed by atoms with Gasteiger partial charge in [0.2, 0.25) is 0 Å². The summed E-state index contributed by atoms with van der Waals surface area (Å²) in [5.41, 5.74) is 3.36. The van der Waals surface area contributed by atoms with E-state index >= 15 is 0 Å². The molecule has 0 amide bonds. The molecule has 0 saturated carbocycles. The molecule has 1 aromatic heterocycles. The lowest BCUT2D eigenvalue weighted by Crippen LogP contribution is -2.31. The third-order valence-electron chi connectivity index (χ3n) is 5.69. The molecule has 0 spiro atoms. The third-order valence-corrected chi connectivity index (χ3v) is 6.00.